The molecule has 1 aliphatic carbocycles. The van der Waals surface area contributed by atoms with Crippen LogP contribution in [0.2, 0.25) is 0 Å². The Balaban J connectivity index is 1.82. The predicted molar refractivity (Wildman–Crippen MR) is 120 cm³/mol. The molecular weight excluding hydrogens is 380 g/mol. The molecule has 4 rings (SSSR count). The summed E-state index contributed by atoms with van der Waals surface area (Å²) in [5.41, 5.74) is 5.98. The molecule has 0 spiro atoms. The number of nitrogens with zero attached hydrogens (tertiary/aromatic N) is 3. The molecule has 0 saturated heterocycles. The van der Waals surface area contributed by atoms with Gasteiger partial charge in [0, 0.05) is 30.2 Å². The zero-order valence-corrected chi connectivity index (χ0v) is 16.7. The monoisotopic (exact) mass is 406 g/mol. The number of aliphatic hydroxyl groups is 3. The van der Waals surface area contributed by atoms with E-state index in [1.54, 1.807) is 0 Å². The zero-order chi connectivity index (χ0) is 21.1. The third-order valence-corrected chi connectivity index (χ3v) is 5.33. The number of hydrogen-bond donors (Lipinski definition) is 4. The Bertz CT molecular complexity index is 987. The molecule has 0 radical (unpaired) electrons. The van der Waals surface area contributed by atoms with Gasteiger partial charge in [0.2, 0.25) is 0 Å². The maximum Gasteiger partial charge on any atom is 0.0945 e. The maximum atomic E-state index is 9.93. The van der Waals surface area contributed by atoms with Crippen molar-refractivity contribution in [2.24, 2.45) is 4.99 Å². The van der Waals surface area contributed by atoms with Crippen LogP contribution in [-0.4, -0.2) is 59.2 Å². The van der Waals surface area contributed by atoms with Crippen LogP contribution in [0.3, 0.4) is 0 Å². The first-order chi connectivity index (χ1) is 14.6. The van der Waals surface area contributed by atoms with Crippen LogP contribution in [0.25, 0.3) is 0 Å². The molecule has 156 valence electrons. The van der Waals surface area contributed by atoms with Crippen LogP contribution < -0.4 is 9.80 Å². The summed E-state index contributed by atoms with van der Waals surface area (Å²) in [7, 11) is 0. The van der Waals surface area contributed by atoms with E-state index >= 15 is 0 Å². The van der Waals surface area contributed by atoms with Crippen LogP contribution in [0.5, 0.6) is 0 Å². The molecule has 1 atom stereocenters. The smallest absolute Gasteiger partial charge is 0.0945 e. The first-order valence-corrected chi connectivity index (χ1v) is 10.1. The van der Waals surface area contributed by atoms with Gasteiger partial charge in [-0.15, -0.1) is 0 Å². The van der Waals surface area contributed by atoms with Crippen molar-refractivity contribution >= 4 is 34.2 Å². The highest BCUT2D eigenvalue weighted by Crippen LogP contribution is 2.44. The molecule has 0 amide bonds. The summed E-state index contributed by atoms with van der Waals surface area (Å²) in [5, 5.41) is 36.8. The fourth-order valence-electron chi connectivity index (χ4n) is 3.88. The highest BCUT2D eigenvalue weighted by atomic mass is 16.3. The number of fused-ring (bicyclic) bond motifs is 2. The molecule has 4 N–H and O–H groups in total. The molecule has 2 aromatic rings. The third-order valence-electron chi connectivity index (χ3n) is 5.33. The van der Waals surface area contributed by atoms with Gasteiger partial charge in [-0.1, -0.05) is 18.2 Å². The minimum absolute atomic E-state index is 0.0672. The summed E-state index contributed by atoms with van der Waals surface area (Å²) in [6.45, 7) is 0.139. The number of benzene rings is 2. The molecule has 7 heteroatoms. The highest BCUT2D eigenvalue weighted by Gasteiger charge is 2.29. The summed E-state index contributed by atoms with van der Waals surface area (Å²) in [6.07, 6.45) is 2.39. The molecule has 1 unspecified atom stereocenters. The summed E-state index contributed by atoms with van der Waals surface area (Å²) >= 11 is 0. The lowest BCUT2D eigenvalue weighted by atomic mass is 9.96. The summed E-state index contributed by atoms with van der Waals surface area (Å²) in [4.78, 5) is 8.82. The minimum Gasteiger partial charge on any atom is -0.395 e. The van der Waals surface area contributed by atoms with E-state index in [0.717, 1.165) is 40.6 Å². The SMILES string of the molecule is N=C1C=C2C(=Nc3ccc(N(CCO)CC(O)CO)cc3N2c2ccccc2)CC1. The van der Waals surface area contributed by atoms with E-state index in [0.29, 0.717) is 18.7 Å². The molecule has 0 fully saturated rings. The Morgan fingerprint density at radius 3 is 2.63 bits per heavy atom. The lowest BCUT2D eigenvalue weighted by molar-refractivity contribution is 0.0991. The molecule has 2 aliphatic rings. The molecule has 1 heterocycles. The van der Waals surface area contributed by atoms with E-state index in [1.807, 2.05) is 59.5 Å². The van der Waals surface area contributed by atoms with E-state index in [4.69, 9.17) is 10.4 Å². The Morgan fingerprint density at radius 1 is 1.10 bits per heavy atom. The number of hydrogen-bond acceptors (Lipinski definition) is 7. The van der Waals surface area contributed by atoms with Crippen molar-refractivity contribution in [3.8, 4) is 0 Å². The number of allylic oxidation sites excluding steroid dienone is 2. The Labute approximate surface area is 175 Å². The summed E-state index contributed by atoms with van der Waals surface area (Å²) in [5.74, 6) is 0. The second kappa shape index (κ2) is 8.79. The average molecular weight is 406 g/mol. The van der Waals surface area contributed by atoms with Crippen molar-refractivity contribution in [1.29, 1.82) is 5.41 Å². The zero-order valence-electron chi connectivity index (χ0n) is 16.7. The van der Waals surface area contributed by atoms with E-state index in [-0.39, 0.29) is 19.8 Å². The molecule has 0 bridgehead atoms. The second-order valence-corrected chi connectivity index (χ2v) is 7.46. The fraction of sp³-hybridized carbons (Fsp3) is 0.304. The first kappa shape index (κ1) is 20.3. The first-order valence-electron chi connectivity index (χ1n) is 10.1. The maximum absolute atomic E-state index is 9.93. The lowest BCUT2D eigenvalue weighted by Crippen LogP contribution is -2.36. The minimum atomic E-state index is -0.899. The van der Waals surface area contributed by atoms with Crippen molar-refractivity contribution in [1.82, 2.24) is 0 Å². The van der Waals surface area contributed by atoms with E-state index < -0.39 is 6.10 Å². The normalized spacial score (nSPS) is 16.4. The fourth-order valence-corrected chi connectivity index (χ4v) is 3.88. The van der Waals surface area contributed by atoms with Crippen molar-refractivity contribution in [2.45, 2.75) is 18.9 Å². The number of para-hydroxylation sites is 1. The Morgan fingerprint density at radius 2 is 1.90 bits per heavy atom. The van der Waals surface area contributed by atoms with Crippen molar-refractivity contribution < 1.29 is 15.3 Å². The number of rotatable bonds is 7. The van der Waals surface area contributed by atoms with E-state index in [2.05, 4.69) is 4.90 Å². The number of aliphatic imine (C=N–C) groups is 1. The number of anilines is 3. The Hall–Kier alpha value is -3.00. The van der Waals surface area contributed by atoms with Gasteiger partial charge in [-0.25, -0.2) is 4.99 Å². The quantitative estimate of drug-likeness (QED) is 0.566. The van der Waals surface area contributed by atoms with E-state index in [9.17, 15) is 15.3 Å². The topological polar surface area (TPSA) is 103 Å². The third kappa shape index (κ3) is 4.00. The summed E-state index contributed by atoms with van der Waals surface area (Å²) < 4.78 is 0. The second-order valence-electron chi connectivity index (χ2n) is 7.46. The van der Waals surface area contributed by atoms with Gasteiger partial charge < -0.3 is 30.5 Å². The van der Waals surface area contributed by atoms with Crippen LogP contribution in [0.1, 0.15) is 12.8 Å². The Kier molecular flexibility index (Phi) is 5.94. The molecule has 7 nitrogen and oxygen atoms in total. The van der Waals surface area contributed by atoms with Gasteiger partial charge in [-0.3, -0.25) is 0 Å². The molecule has 2 aromatic carbocycles. The van der Waals surface area contributed by atoms with Crippen molar-refractivity contribution in [3.05, 3.63) is 60.3 Å². The molecule has 1 aliphatic heterocycles. The van der Waals surface area contributed by atoms with Gasteiger partial charge in [-0.2, -0.15) is 0 Å². The van der Waals surface area contributed by atoms with Gasteiger partial charge in [-0.05, 0) is 49.2 Å². The summed E-state index contributed by atoms with van der Waals surface area (Å²) in [6, 6.07) is 15.8. The number of aliphatic hydroxyl groups excluding tert-OH is 3. The largest absolute Gasteiger partial charge is 0.395 e. The average Bonchev–Trinajstić information content (AvgIpc) is 2.77. The van der Waals surface area contributed by atoms with Crippen LogP contribution >= 0.6 is 0 Å². The lowest BCUT2D eigenvalue weighted by Gasteiger charge is -2.36. The molecule has 0 saturated carbocycles. The van der Waals surface area contributed by atoms with Gasteiger partial charge in [0.1, 0.15) is 0 Å². The predicted octanol–water partition coefficient (Wildman–Crippen LogP) is 2.76. The van der Waals surface area contributed by atoms with Crippen molar-refractivity contribution in [2.75, 3.05) is 36.1 Å². The van der Waals surface area contributed by atoms with Crippen LogP contribution in [0.4, 0.5) is 22.7 Å². The van der Waals surface area contributed by atoms with Gasteiger partial charge in [0.15, 0.2) is 0 Å². The van der Waals surface area contributed by atoms with Gasteiger partial charge in [0.05, 0.1) is 42.1 Å². The van der Waals surface area contributed by atoms with Crippen molar-refractivity contribution in [3.63, 3.8) is 0 Å². The van der Waals surface area contributed by atoms with Gasteiger partial charge in [0.25, 0.3) is 0 Å². The number of nitrogens with one attached hydrogen (secondary N) is 1. The molecule has 0 aromatic heterocycles. The molecular formula is C23H26N4O3. The standard InChI is InChI=1S/C23H26N4O3/c24-16-6-8-20-22(12-16)27(17-4-2-1-3-5-17)23-13-18(7-9-21(23)25-20)26(10-11-28)14-19(30)15-29/h1-5,7,9,12-13,19,24,28-30H,6,8,10-11,14-15H2. The van der Waals surface area contributed by atoms with Crippen LogP contribution in [0, 0.1) is 5.41 Å². The highest BCUT2D eigenvalue weighted by molar-refractivity contribution is 6.17. The van der Waals surface area contributed by atoms with Crippen LogP contribution in [0.15, 0.2) is 65.3 Å². The molecule has 30 heavy (non-hydrogen) atoms. The van der Waals surface area contributed by atoms with Gasteiger partial charge >= 0.3 is 0 Å². The van der Waals surface area contributed by atoms with Crippen LogP contribution in [-0.2, 0) is 0 Å². The van der Waals surface area contributed by atoms with E-state index in [1.165, 1.54) is 0 Å².